The molecule has 8 aromatic carbocycles. The molecule has 0 atom stereocenters. The van der Waals surface area contributed by atoms with Crippen LogP contribution < -0.4 is 0 Å². The number of benzene rings is 8. The van der Waals surface area contributed by atoms with Gasteiger partial charge in [-0.1, -0.05) is 169 Å². The van der Waals surface area contributed by atoms with E-state index in [0.29, 0.717) is 0 Å². The van der Waals surface area contributed by atoms with E-state index in [9.17, 15) is 0 Å². The highest BCUT2D eigenvalue weighted by Gasteiger charge is 2.47. The van der Waals surface area contributed by atoms with Crippen LogP contribution in [0.2, 0.25) is 0 Å². The monoisotopic (exact) mass is 711 g/mol. The zero-order valence-corrected chi connectivity index (χ0v) is 31.9. The predicted molar refractivity (Wildman–Crippen MR) is 232 cm³/mol. The minimum Gasteiger partial charge on any atom is -0.270 e. The maximum absolute atomic E-state index is 5.18. The first-order chi connectivity index (χ1) is 26.2. The summed E-state index contributed by atoms with van der Waals surface area (Å²) >= 11 is 1.89. The van der Waals surface area contributed by atoms with E-state index in [4.69, 9.17) is 4.99 Å². The van der Waals surface area contributed by atoms with Crippen LogP contribution in [0, 0.1) is 0 Å². The zero-order valence-electron chi connectivity index (χ0n) is 31.1. The normalized spacial score (nSPS) is 16.3. The summed E-state index contributed by atoms with van der Waals surface area (Å²) in [6, 6.07) is 65.7. The second kappa shape index (κ2) is 12.2. The molecule has 0 amide bonds. The Morgan fingerprint density at radius 3 is 1.65 bits per heavy atom. The van der Waals surface area contributed by atoms with E-state index in [1.54, 1.807) is 0 Å². The number of rotatable bonds is 5. The summed E-state index contributed by atoms with van der Waals surface area (Å²) in [5.41, 5.74) is 13.2. The number of hydrogen-bond donors (Lipinski definition) is 0. The second-order valence-electron chi connectivity index (χ2n) is 15.9. The maximum Gasteiger partial charge on any atom is 0.0990 e. The molecule has 8 aromatic rings. The van der Waals surface area contributed by atoms with Gasteiger partial charge >= 0.3 is 0 Å². The summed E-state index contributed by atoms with van der Waals surface area (Å²) in [5.74, 6) is 0. The van der Waals surface area contributed by atoms with Gasteiger partial charge in [-0.15, -0.1) is 0 Å². The number of fused-ring (bicyclic) bond motifs is 6. The molecule has 1 heterocycles. The lowest BCUT2D eigenvalue weighted by Crippen LogP contribution is -2.36. The Bertz CT molecular complexity index is 2730. The molecule has 2 aliphatic rings. The first kappa shape index (κ1) is 32.9. The summed E-state index contributed by atoms with van der Waals surface area (Å²) in [5, 5.41) is 6.18. The highest BCUT2D eigenvalue weighted by atomic mass is 32.2. The van der Waals surface area contributed by atoms with Crippen LogP contribution in [0.3, 0.4) is 0 Å². The Balaban J connectivity index is 1.24. The molecule has 1 nitrogen and oxygen atoms in total. The topological polar surface area (TPSA) is 12.4 Å². The SMILES string of the molecule is CC1(C)N=C(c2ccc(-c3cc4c(c5ccccc35)-c3ccc(-c5ccc6ccccc6c5)cc3C4(c3ccccc3)c3ccccc3)cc2)SC1(C)C. The van der Waals surface area contributed by atoms with Crippen molar-refractivity contribution in [2.75, 3.05) is 0 Å². The summed E-state index contributed by atoms with van der Waals surface area (Å²) in [6.45, 7) is 9.08. The third-order valence-electron chi connectivity index (χ3n) is 12.3. The lowest BCUT2D eigenvalue weighted by molar-refractivity contribution is 0.426. The molecular weight excluding hydrogens is 671 g/mol. The maximum atomic E-state index is 5.18. The lowest BCUT2D eigenvalue weighted by atomic mass is 9.67. The second-order valence-corrected chi connectivity index (χ2v) is 17.5. The number of nitrogens with zero attached hydrogens (tertiary/aromatic N) is 1. The van der Waals surface area contributed by atoms with Crippen LogP contribution in [-0.2, 0) is 5.41 Å². The molecule has 0 saturated carbocycles. The van der Waals surface area contributed by atoms with E-state index in [1.165, 1.54) is 82.7 Å². The van der Waals surface area contributed by atoms with Crippen LogP contribution in [0.1, 0.15) is 55.5 Å². The van der Waals surface area contributed by atoms with Crippen LogP contribution >= 0.6 is 11.8 Å². The summed E-state index contributed by atoms with van der Waals surface area (Å²) in [4.78, 5) is 5.18. The van der Waals surface area contributed by atoms with Gasteiger partial charge in [0.2, 0.25) is 0 Å². The summed E-state index contributed by atoms with van der Waals surface area (Å²) in [7, 11) is 0. The third kappa shape index (κ3) is 4.90. The van der Waals surface area contributed by atoms with Gasteiger partial charge in [-0.25, -0.2) is 0 Å². The van der Waals surface area contributed by atoms with Crippen molar-refractivity contribution >= 4 is 38.4 Å². The van der Waals surface area contributed by atoms with Gasteiger partial charge in [0.05, 0.1) is 16.0 Å². The highest BCUT2D eigenvalue weighted by molar-refractivity contribution is 8.15. The first-order valence-corrected chi connectivity index (χ1v) is 19.8. The number of hydrogen-bond acceptors (Lipinski definition) is 2. The van der Waals surface area contributed by atoms with Crippen molar-refractivity contribution in [3.8, 4) is 33.4 Å². The van der Waals surface area contributed by atoms with E-state index in [0.717, 1.165) is 5.04 Å². The van der Waals surface area contributed by atoms with Crippen LogP contribution in [0.5, 0.6) is 0 Å². The molecule has 0 saturated heterocycles. The van der Waals surface area contributed by atoms with Gasteiger partial charge in [-0.05, 0) is 123 Å². The van der Waals surface area contributed by atoms with E-state index in [2.05, 4.69) is 204 Å². The number of thioether (sulfide) groups is 1. The van der Waals surface area contributed by atoms with E-state index in [-0.39, 0.29) is 10.3 Å². The minimum atomic E-state index is -0.537. The van der Waals surface area contributed by atoms with Crippen LogP contribution in [0.4, 0.5) is 0 Å². The molecule has 0 spiro atoms. The van der Waals surface area contributed by atoms with Crippen molar-refractivity contribution in [3.05, 3.63) is 204 Å². The molecular formula is C52H41NS. The molecule has 1 aliphatic carbocycles. The fourth-order valence-electron chi connectivity index (χ4n) is 8.82. The highest BCUT2D eigenvalue weighted by Crippen LogP contribution is 2.59. The van der Waals surface area contributed by atoms with Crippen LogP contribution in [0.15, 0.2) is 181 Å². The van der Waals surface area contributed by atoms with Gasteiger partial charge in [0, 0.05) is 10.3 Å². The van der Waals surface area contributed by atoms with E-state index < -0.39 is 5.41 Å². The van der Waals surface area contributed by atoms with Gasteiger partial charge in [0.1, 0.15) is 0 Å². The Hall–Kier alpha value is -5.70. The lowest BCUT2D eigenvalue weighted by Gasteiger charge is -2.34. The van der Waals surface area contributed by atoms with Crippen LogP contribution in [0.25, 0.3) is 54.9 Å². The van der Waals surface area contributed by atoms with Crippen molar-refractivity contribution in [2.24, 2.45) is 4.99 Å². The fourth-order valence-corrected chi connectivity index (χ4v) is 10.1. The van der Waals surface area contributed by atoms with Crippen LogP contribution in [-0.4, -0.2) is 15.3 Å². The molecule has 0 N–H and O–H groups in total. The third-order valence-corrected chi connectivity index (χ3v) is 13.8. The van der Waals surface area contributed by atoms with Crippen molar-refractivity contribution in [1.29, 1.82) is 0 Å². The summed E-state index contributed by atoms with van der Waals surface area (Å²) in [6.07, 6.45) is 0. The molecule has 0 aromatic heterocycles. The fraction of sp³-hybridized carbons (Fsp3) is 0.135. The standard InChI is InChI=1S/C52H41NS/c1-50(2)51(3,4)54-49(53-50)36-26-24-35(25-27-36)45-33-47-48(43-22-14-13-21-42(43)45)44-30-29-39(38-28-23-34-15-11-12-16-37(34)31-38)32-46(44)52(47,40-17-7-5-8-18-40)41-19-9-6-10-20-41/h5-33H,1-4H3. The first-order valence-electron chi connectivity index (χ1n) is 19.0. The Kier molecular flexibility index (Phi) is 7.41. The van der Waals surface area contributed by atoms with Crippen molar-refractivity contribution in [3.63, 3.8) is 0 Å². The van der Waals surface area contributed by atoms with Crippen molar-refractivity contribution in [2.45, 2.75) is 43.4 Å². The zero-order chi connectivity index (χ0) is 36.7. The van der Waals surface area contributed by atoms with Gasteiger partial charge < -0.3 is 0 Å². The van der Waals surface area contributed by atoms with Crippen molar-refractivity contribution < 1.29 is 0 Å². The quantitative estimate of drug-likeness (QED) is 0.173. The number of aliphatic imine (C=N–C) groups is 1. The molecule has 0 radical (unpaired) electrons. The average Bonchev–Trinajstić information content (AvgIpc) is 3.63. The Labute approximate surface area is 322 Å². The Morgan fingerprint density at radius 2 is 0.981 bits per heavy atom. The molecule has 1 aliphatic heterocycles. The largest absolute Gasteiger partial charge is 0.270 e. The van der Waals surface area contributed by atoms with Crippen molar-refractivity contribution in [1.82, 2.24) is 0 Å². The predicted octanol–water partition coefficient (Wildman–Crippen LogP) is 13.7. The van der Waals surface area contributed by atoms with E-state index >= 15 is 0 Å². The average molecular weight is 712 g/mol. The molecule has 54 heavy (non-hydrogen) atoms. The molecule has 260 valence electrons. The van der Waals surface area contributed by atoms with E-state index in [1.807, 2.05) is 11.8 Å². The molecule has 0 unspecified atom stereocenters. The molecule has 0 bridgehead atoms. The van der Waals surface area contributed by atoms with Gasteiger partial charge in [0.25, 0.3) is 0 Å². The Morgan fingerprint density at radius 1 is 0.426 bits per heavy atom. The smallest absolute Gasteiger partial charge is 0.0990 e. The molecule has 0 fully saturated rings. The molecule has 2 heteroatoms. The van der Waals surface area contributed by atoms with Gasteiger partial charge in [-0.3, -0.25) is 4.99 Å². The van der Waals surface area contributed by atoms with Gasteiger partial charge in [-0.2, -0.15) is 0 Å². The van der Waals surface area contributed by atoms with Gasteiger partial charge in [0.15, 0.2) is 0 Å². The minimum absolute atomic E-state index is 0.0402. The summed E-state index contributed by atoms with van der Waals surface area (Å²) < 4.78 is 0.0402. The molecule has 10 rings (SSSR count).